The third-order valence-electron chi connectivity index (χ3n) is 5.12. The van der Waals surface area contributed by atoms with Gasteiger partial charge in [-0.2, -0.15) is 0 Å². The number of ether oxygens (including phenoxy) is 2. The summed E-state index contributed by atoms with van der Waals surface area (Å²) in [5.74, 6) is -0.118. The largest absolute Gasteiger partial charge is 0.494 e. The van der Waals surface area contributed by atoms with Crippen molar-refractivity contribution in [2.24, 2.45) is 0 Å². The first-order chi connectivity index (χ1) is 16.4. The van der Waals surface area contributed by atoms with E-state index in [1.165, 1.54) is 24.3 Å². The summed E-state index contributed by atoms with van der Waals surface area (Å²) in [4.78, 5) is 27.9. The van der Waals surface area contributed by atoms with E-state index in [9.17, 15) is 14.0 Å². The van der Waals surface area contributed by atoms with Crippen LogP contribution >= 0.6 is 0 Å². The fraction of sp³-hybridized carbons (Fsp3) is 0.185. The Kier molecular flexibility index (Phi) is 6.63. The van der Waals surface area contributed by atoms with Gasteiger partial charge in [-0.25, -0.2) is 9.29 Å². The van der Waals surface area contributed by atoms with Crippen LogP contribution < -0.4 is 19.7 Å². The highest BCUT2D eigenvalue weighted by Gasteiger charge is 2.40. The molecule has 0 saturated carbocycles. The van der Waals surface area contributed by atoms with Gasteiger partial charge >= 0.3 is 0 Å². The molecule has 0 spiro atoms. The van der Waals surface area contributed by atoms with Crippen LogP contribution in [0.5, 0.6) is 11.5 Å². The van der Waals surface area contributed by atoms with E-state index in [4.69, 9.17) is 9.47 Å². The summed E-state index contributed by atoms with van der Waals surface area (Å²) in [6.45, 7) is 6.29. The second-order valence-corrected chi connectivity index (χ2v) is 7.95. The number of hydrogen-bond acceptors (Lipinski definition) is 5. The number of carbonyl (C=O) groups is 2. The van der Waals surface area contributed by atoms with E-state index in [1.807, 2.05) is 20.8 Å². The average molecular weight is 461 g/mol. The summed E-state index contributed by atoms with van der Waals surface area (Å²) in [5.41, 5.74) is 1.83. The van der Waals surface area contributed by atoms with Gasteiger partial charge in [-0.3, -0.25) is 9.59 Å². The van der Waals surface area contributed by atoms with E-state index in [0.29, 0.717) is 29.4 Å². The van der Waals surface area contributed by atoms with Crippen LogP contribution in [-0.2, 0) is 9.59 Å². The molecule has 2 amide bonds. The van der Waals surface area contributed by atoms with Crippen molar-refractivity contribution in [2.75, 3.05) is 16.8 Å². The molecule has 0 saturated heterocycles. The van der Waals surface area contributed by atoms with Crippen LogP contribution in [0.2, 0.25) is 0 Å². The SMILES string of the molecule is CCOc1ccc(NC2=C(c3ccc(OC(C)C)cc3)C(=O)N(c3ccc(F)cc3)C2=O)cc1. The lowest BCUT2D eigenvalue weighted by Crippen LogP contribution is -2.32. The van der Waals surface area contributed by atoms with E-state index in [0.717, 1.165) is 4.90 Å². The number of nitrogens with zero attached hydrogens (tertiary/aromatic N) is 1. The van der Waals surface area contributed by atoms with Crippen molar-refractivity contribution in [3.63, 3.8) is 0 Å². The van der Waals surface area contributed by atoms with Crippen molar-refractivity contribution in [1.29, 1.82) is 0 Å². The molecule has 0 bridgehead atoms. The minimum absolute atomic E-state index is 0.00520. The highest BCUT2D eigenvalue weighted by molar-refractivity contribution is 6.46. The maximum Gasteiger partial charge on any atom is 0.282 e. The monoisotopic (exact) mass is 460 g/mol. The van der Waals surface area contributed by atoms with Gasteiger partial charge in [0.25, 0.3) is 11.8 Å². The molecular weight excluding hydrogens is 435 g/mol. The summed E-state index contributed by atoms with van der Waals surface area (Å²) in [5, 5.41) is 3.10. The summed E-state index contributed by atoms with van der Waals surface area (Å²) in [6, 6.07) is 19.3. The molecule has 6 nitrogen and oxygen atoms in total. The normalized spacial score (nSPS) is 13.6. The van der Waals surface area contributed by atoms with Crippen LogP contribution in [0.3, 0.4) is 0 Å². The molecule has 0 radical (unpaired) electrons. The maximum absolute atomic E-state index is 13.5. The third-order valence-corrected chi connectivity index (χ3v) is 5.12. The number of halogens is 1. The molecule has 1 N–H and O–H groups in total. The Morgan fingerprint density at radius 1 is 0.853 bits per heavy atom. The fourth-order valence-electron chi connectivity index (χ4n) is 3.66. The van der Waals surface area contributed by atoms with E-state index in [-0.39, 0.29) is 23.1 Å². The molecule has 4 rings (SSSR count). The number of imide groups is 1. The van der Waals surface area contributed by atoms with Crippen molar-refractivity contribution >= 4 is 28.8 Å². The van der Waals surface area contributed by atoms with Crippen LogP contribution in [0, 0.1) is 5.82 Å². The van der Waals surface area contributed by atoms with Crippen molar-refractivity contribution < 1.29 is 23.5 Å². The Hall–Kier alpha value is -4.13. The number of nitrogens with one attached hydrogen (secondary N) is 1. The summed E-state index contributed by atoms with van der Waals surface area (Å²) in [7, 11) is 0. The zero-order chi connectivity index (χ0) is 24.2. The van der Waals surface area contributed by atoms with E-state index >= 15 is 0 Å². The first-order valence-corrected chi connectivity index (χ1v) is 11.0. The van der Waals surface area contributed by atoms with Gasteiger partial charge in [0.2, 0.25) is 0 Å². The minimum Gasteiger partial charge on any atom is -0.494 e. The Bertz CT molecular complexity index is 1220. The molecule has 0 atom stereocenters. The summed E-state index contributed by atoms with van der Waals surface area (Å²) < 4.78 is 24.6. The molecule has 174 valence electrons. The summed E-state index contributed by atoms with van der Waals surface area (Å²) in [6.07, 6.45) is 0.00520. The van der Waals surface area contributed by atoms with Crippen LogP contribution in [0.1, 0.15) is 26.3 Å². The van der Waals surface area contributed by atoms with Gasteiger partial charge in [0.1, 0.15) is 23.0 Å². The Morgan fingerprint density at radius 3 is 2.06 bits per heavy atom. The van der Waals surface area contributed by atoms with Gasteiger partial charge in [-0.05, 0) is 87.0 Å². The number of benzene rings is 3. The molecule has 7 heteroatoms. The van der Waals surface area contributed by atoms with Gasteiger partial charge in [0, 0.05) is 5.69 Å². The lowest BCUT2D eigenvalue weighted by Gasteiger charge is -2.15. The smallest absolute Gasteiger partial charge is 0.282 e. The van der Waals surface area contributed by atoms with Gasteiger partial charge in [0.05, 0.1) is 24.0 Å². The molecule has 3 aromatic carbocycles. The van der Waals surface area contributed by atoms with Crippen molar-refractivity contribution in [3.05, 3.63) is 89.9 Å². The predicted octanol–water partition coefficient (Wildman–Crippen LogP) is 5.41. The molecule has 3 aromatic rings. The van der Waals surface area contributed by atoms with E-state index < -0.39 is 17.6 Å². The van der Waals surface area contributed by atoms with Gasteiger partial charge < -0.3 is 14.8 Å². The molecule has 34 heavy (non-hydrogen) atoms. The molecule has 1 heterocycles. The zero-order valence-electron chi connectivity index (χ0n) is 19.2. The Balaban J connectivity index is 1.73. The number of carbonyl (C=O) groups excluding carboxylic acids is 2. The quantitative estimate of drug-likeness (QED) is 0.456. The number of hydrogen-bond donors (Lipinski definition) is 1. The second-order valence-electron chi connectivity index (χ2n) is 7.95. The van der Waals surface area contributed by atoms with Gasteiger partial charge in [0.15, 0.2) is 0 Å². The first-order valence-electron chi connectivity index (χ1n) is 11.0. The van der Waals surface area contributed by atoms with E-state index in [1.54, 1.807) is 48.5 Å². The van der Waals surface area contributed by atoms with Crippen LogP contribution in [0.4, 0.5) is 15.8 Å². The van der Waals surface area contributed by atoms with Crippen LogP contribution in [0.25, 0.3) is 5.57 Å². The lowest BCUT2D eigenvalue weighted by atomic mass is 10.0. The number of anilines is 2. The minimum atomic E-state index is -0.525. The van der Waals surface area contributed by atoms with Crippen molar-refractivity contribution in [1.82, 2.24) is 0 Å². The van der Waals surface area contributed by atoms with Crippen LogP contribution in [-0.4, -0.2) is 24.5 Å². The molecule has 0 aromatic heterocycles. The molecule has 0 aliphatic carbocycles. The highest BCUT2D eigenvalue weighted by Crippen LogP contribution is 2.34. The second kappa shape index (κ2) is 9.79. The molecular formula is C27H25FN2O4. The Morgan fingerprint density at radius 2 is 1.47 bits per heavy atom. The average Bonchev–Trinajstić information content (AvgIpc) is 3.05. The maximum atomic E-state index is 13.5. The van der Waals surface area contributed by atoms with Gasteiger partial charge in [-0.1, -0.05) is 12.1 Å². The number of rotatable bonds is 8. The van der Waals surface area contributed by atoms with Gasteiger partial charge in [-0.15, -0.1) is 0 Å². The molecule has 0 unspecified atom stereocenters. The van der Waals surface area contributed by atoms with E-state index in [2.05, 4.69) is 5.32 Å². The number of amides is 2. The predicted molar refractivity (Wildman–Crippen MR) is 129 cm³/mol. The highest BCUT2D eigenvalue weighted by atomic mass is 19.1. The van der Waals surface area contributed by atoms with Crippen molar-refractivity contribution in [3.8, 4) is 11.5 Å². The zero-order valence-corrected chi connectivity index (χ0v) is 19.2. The first kappa shape index (κ1) is 23.0. The molecule has 0 fully saturated rings. The summed E-state index contributed by atoms with van der Waals surface area (Å²) >= 11 is 0. The lowest BCUT2D eigenvalue weighted by molar-refractivity contribution is -0.120. The fourth-order valence-corrected chi connectivity index (χ4v) is 3.66. The van der Waals surface area contributed by atoms with Crippen LogP contribution in [0.15, 0.2) is 78.5 Å². The third kappa shape index (κ3) is 4.78. The Labute approximate surface area is 197 Å². The van der Waals surface area contributed by atoms with Crippen molar-refractivity contribution in [2.45, 2.75) is 26.9 Å². The molecule has 1 aliphatic rings. The topological polar surface area (TPSA) is 67.9 Å². The standard InChI is InChI=1S/C27H25FN2O4/c1-4-33-22-15-9-20(10-16-22)29-25-24(18-5-13-23(14-6-18)34-17(2)3)26(31)30(27(25)32)21-11-7-19(28)8-12-21/h5-17,29H,4H2,1-3H3. The molecule has 1 aliphatic heterocycles.